The van der Waals surface area contributed by atoms with Gasteiger partial charge >= 0.3 is 6.03 Å². The van der Waals surface area contributed by atoms with E-state index in [0.29, 0.717) is 35.2 Å². The van der Waals surface area contributed by atoms with E-state index in [1.54, 1.807) is 41.9 Å². The molecule has 0 saturated carbocycles. The smallest absolute Gasteiger partial charge is 0.319 e. The van der Waals surface area contributed by atoms with E-state index in [1.807, 2.05) is 25.1 Å². The Morgan fingerprint density at radius 3 is 2.43 bits per heavy atom. The minimum atomic E-state index is -0.391. The molecule has 0 radical (unpaired) electrons. The first-order valence-electron chi connectivity index (χ1n) is 9.31. The van der Waals surface area contributed by atoms with Crippen LogP contribution in [-0.4, -0.2) is 28.3 Å². The molecule has 0 bridgehead atoms. The van der Waals surface area contributed by atoms with Crippen molar-refractivity contribution >= 4 is 46.5 Å². The minimum absolute atomic E-state index is 0.224. The van der Waals surface area contributed by atoms with Gasteiger partial charge in [0.25, 0.3) is 5.91 Å². The van der Waals surface area contributed by atoms with Crippen LogP contribution in [0.5, 0.6) is 0 Å². The second kappa shape index (κ2) is 9.65. The van der Waals surface area contributed by atoms with Crippen LogP contribution in [0.2, 0.25) is 10.2 Å². The number of carbonyl (C=O) groups is 2. The number of anilines is 2. The van der Waals surface area contributed by atoms with E-state index in [9.17, 15) is 9.59 Å². The van der Waals surface area contributed by atoms with E-state index in [1.165, 1.54) is 0 Å². The number of nitrogens with one attached hydrogen (secondary N) is 3. The third-order valence-electron chi connectivity index (χ3n) is 4.29. The van der Waals surface area contributed by atoms with Gasteiger partial charge in [-0.25, -0.2) is 9.48 Å². The SMILES string of the molecule is CCNC(=O)Nc1cccc(NC(=O)c2c(C)nn(Cc3ccccc3Cl)c2Cl)c1. The predicted octanol–water partition coefficient (Wildman–Crippen LogP) is 4.94. The quantitative estimate of drug-likeness (QED) is 0.501. The normalized spacial score (nSPS) is 10.5. The van der Waals surface area contributed by atoms with Crippen molar-refractivity contribution in [1.29, 1.82) is 0 Å². The average Bonchev–Trinajstić information content (AvgIpc) is 2.97. The molecule has 0 unspecified atom stereocenters. The fourth-order valence-corrected chi connectivity index (χ4v) is 3.42. The molecule has 156 valence electrons. The van der Waals surface area contributed by atoms with Crippen molar-refractivity contribution in [3.8, 4) is 0 Å². The largest absolute Gasteiger partial charge is 0.338 e. The van der Waals surface area contributed by atoms with Crippen molar-refractivity contribution in [1.82, 2.24) is 15.1 Å². The maximum absolute atomic E-state index is 12.8. The molecule has 1 aromatic heterocycles. The first kappa shape index (κ1) is 21.7. The highest BCUT2D eigenvalue weighted by molar-refractivity contribution is 6.34. The van der Waals surface area contributed by atoms with Crippen molar-refractivity contribution in [2.45, 2.75) is 20.4 Å². The van der Waals surface area contributed by atoms with Crippen LogP contribution < -0.4 is 16.0 Å². The zero-order valence-corrected chi connectivity index (χ0v) is 18.0. The molecule has 2 aromatic carbocycles. The number of nitrogens with zero attached hydrogens (tertiary/aromatic N) is 2. The van der Waals surface area contributed by atoms with Crippen LogP contribution in [0.15, 0.2) is 48.5 Å². The first-order chi connectivity index (χ1) is 14.4. The second-order valence-electron chi connectivity index (χ2n) is 6.52. The van der Waals surface area contributed by atoms with Gasteiger partial charge in [0.2, 0.25) is 0 Å². The van der Waals surface area contributed by atoms with Crippen molar-refractivity contribution in [3.63, 3.8) is 0 Å². The van der Waals surface area contributed by atoms with E-state index < -0.39 is 5.91 Å². The number of hydrogen-bond acceptors (Lipinski definition) is 3. The van der Waals surface area contributed by atoms with Crippen LogP contribution in [0.3, 0.4) is 0 Å². The molecule has 3 amide bonds. The van der Waals surface area contributed by atoms with Crippen molar-refractivity contribution in [3.05, 3.63) is 75.5 Å². The summed E-state index contributed by atoms with van der Waals surface area (Å²) in [7, 11) is 0. The zero-order chi connectivity index (χ0) is 21.7. The second-order valence-corrected chi connectivity index (χ2v) is 7.28. The summed E-state index contributed by atoms with van der Waals surface area (Å²) in [5, 5.41) is 13.4. The Balaban J connectivity index is 1.77. The van der Waals surface area contributed by atoms with Crippen LogP contribution in [-0.2, 0) is 6.54 Å². The van der Waals surface area contributed by atoms with Gasteiger partial charge in [-0.05, 0) is 43.7 Å². The summed E-state index contributed by atoms with van der Waals surface area (Å²) < 4.78 is 1.54. The Bertz CT molecular complexity index is 1080. The molecule has 0 fully saturated rings. The highest BCUT2D eigenvalue weighted by Gasteiger charge is 2.21. The number of hydrogen-bond donors (Lipinski definition) is 3. The Morgan fingerprint density at radius 1 is 1.03 bits per heavy atom. The number of halogens is 2. The van der Waals surface area contributed by atoms with Gasteiger partial charge in [0.15, 0.2) is 0 Å². The number of carbonyl (C=O) groups excluding carboxylic acids is 2. The van der Waals surface area contributed by atoms with Crippen LogP contribution in [0.25, 0.3) is 0 Å². The molecule has 30 heavy (non-hydrogen) atoms. The zero-order valence-electron chi connectivity index (χ0n) is 16.5. The van der Waals surface area contributed by atoms with Crippen molar-refractivity contribution in [2.75, 3.05) is 17.2 Å². The standard InChI is InChI=1S/C21H21Cl2N5O2/c1-3-24-21(30)26-16-9-6-8-15(11-16)25-20(29)18-13(2)27-28(19(18)23)12-14-7-4-5-10-17(14)22/h4-11H,3,12H2,1-2H3,(H,25,29)(H2,24,26,30). The van der Waals surface area contributed by atoms with Gasteiger partial charge in [0.1, 0.15) is 5.15 Å². The molecule has 9 heteroatoms. The summed E-state index contributed by atoms with van der Waals surface area (Å²) in [6.07, 6.45) is 0. The maximum atomic E-state index is 12.8. The minimum Gasteiger partial charge on any atom is -0.338 e. The average molecular weight is 446 g/mol. The summed E-state index contributed by atoms with van der Waals surface area (Å²) in [5.74, 6) is -0.391. The lowest BCUT2D eigenvalue weighted by Gasteiger charge is -2.09. The van der Waals surface area contributed by atoms with Gasteiger partial charge in [0, 0.05) is 22.9 Å². The van der Waals surface area contributed by atoms with Gasteiger partial charge in [-0.2, -0.15) is 5.10 Å². The summed E-state index contributed by atoms with van der Waals surface area (Å²) in [6, 6.07) is 13.9. The Hall–Kier alpha value is -3.03. The van der Waals surface area contributed by atoms with E-state index in [-0.39, 0.29) is 16.7 Å². The molecule has 0 aliphatic rings. The number of rotatable bonds is 6. The molecule has 0 aliphatic heterocycles. The molecule has 3 rings (SSSR count). The van der Waals surface area contributed by atoms with Gasteiger partial charge in [-0.3, -0.25) is 4.79 Å². The summed E-state index contributed by atoms with van der Waals surface area (Å²) >= 11 is 12.7. The van der Waals surface area contributed by atoms with Gasteiger partial charge in [0.05, 0.1) is 17.8 Å². The first-order valence-corrected chi connectivity index (χ1v) is 10.1. The molecule has 0 saturated heterocycles. The number of urea groups is 1. The van der Waals surface area contributed by atoms with Crippen molar-refractivity contribution < 1.29 is 9.59 Å². The Kier molecular flexibility index (Phi) is 6.97. The van der Waals surface area contributed by atoms with Crippen LogP contribution in [0.1, 0.15) is 28.5 Å². The fraction of sp³-hybridized carbons (Fsp3) is 0.190. The molecular formula is C21H21Cl2N5O2. The molecule has 0 aliphatic carbocycles. The summed E-state index contributed by atoms with van der Waals surface area (Å²) in [4.78, 5) is 24.5. The molecule has 0 spiro atoms. The topological polar surface area (TPSA) is 88.1 Å². The molecule has 7 nitrogen and oxygen atoms in total. The molecule has 0 atom stereocenters. The molecule has 3 aromatic rings. The highest BCUT2D eigenvalue weighted by atomic mass is 35.5. The fourth-order valence-electron chi connectivity index (χ4n) is 2.91. The summed E-state index contributed by atoms with van der Waals surface area (Å²) in [5.41, 5.74) is 2.70. The lowest BCUT2D eigenvalue weighted by atomic mass is 10.2. The van der Waals surface area contributed by atoms with E-state index in [0.717, 1.165) is 5.56 Å². The van der Waals surface area contributed by atoms with Gasteiger partial charge < -0.3 is 16.0 Å². The van der Waals surface area contributed by atoms with Crippen LogP contribution >= 0.6 is 23.2 Å². The van der Waals surface area contributed by atoms with Gasteiger partial charge in [-0.15, -0.1) is 0 Å². The third-order valence-corrected chi connectivity index (χ3v) is 5.04. The maximum Gasteiger partial charge on any atom is 0.319 e. The lowest BCUT2D eigenvalue weighted by molar-refractivity contribution is 0.102. The highest BCUT2D eigenvalue weighted by Crippen LogP contribution is 2.25. The number of benzene rings is 2. The van der Waals surface area contributed by atoms with Crippen LogP contribution in [0.4, 0.5) is 16.2 Å². The van der Waals surface area contributed by atoms with E-state index in [2.05, 4.69) is 21.0 Å². The number of aryl methyl sites for hydroxylation is 1. The van der Waals surface area contributed by atoms with Crippen molar-refractivity contribution in [2.24, 2.45) is 0 Å². The van der Waals surface area contributed by atoms with E-state index >= 15 is 0 Å². The molecular weight excluding hydrogens is 425 g/mol. The molecule has 1 heterocycles. The van der Waals surface area contributed by atoms with Gasteiger partial charge in [-0.1, -0.05) is 47.5 Å². The van der Waals surface area contributed by atoms with Crippen LogP contribution in [0, 0.1) is 6.92 Å². The molecule has 3 N–H and O–H groups in total. The summed E-state index contributed by atoms with van der Waals surface area (Å²) in [6.45, 7) is 4.40. The lowest BCUT2D eigenvalue weighted by Crippen LogP contribution is -2.28. The third kappa shape index (κ3) is 5.11. The number of amides is 3. The van der Waals surface area contributed by atoms with E-state index in [4.69, 9.17) is 23.2 Å². The predicted molar refractivity (Wildman–Crippen MR) is 120 cm³/mol. The number of aromatic nitrogens is 2. The Morgan fingerprint density at radius 2 is 1.73 bits per heavy atom. The monoisotopic (exact) mass is 445 g/mol. The Labute approximate surface area is 184 Å².